The molecule has 112 valence electrons. The highest BCUT2D eigenvalue weighted by Crippen LogP contribution is 2.19. The summed E-state index contributed by atoms with van der Waals surface area (Å²) in [6.07, 6.45) is 4.11. The van der Waals surface area contributed by atoms with Gasteiger partial charge in [0.05, 0.1) is 0 Å². The lowest BCUT2D eigenvalue weighted by Crippen LogP contribution is -2.37. The third-order valence-corrected chi connectivity index (χ3v) is 4.14. The minimum absolute atomic E-state index is 0.178. The fourth-order valence-corrected chi connectivity index (χ4v) is 2.83. The third kappa shape index (κ3) is 4.92. The molecule has 0 amide bonds. The van der Waals surface area contributed by atoms with E-state index in [-0.39, 0.29) is 5.54 Å². The van der Waals surface area contributed by atoms with Gasteiger partial charge < -0.3 is 5.32 Å². The van der Waals surface area contributed by atoms with Crippen molar-refractivity contribution in [2.24, 2.45) is 0 Å². The average Bonchev–Trinajstić information content (AvgIpc) is 2.39. The van der Waals surface area contributed by atoms with Crippen LogP contribution < -0.4 is 5.32 Å². The van der Waals surface area contributed by atoms with Gasteiger partial charge in [0.2, 0.25) is 0 Å². The van der Waals surface area contributed by atoms with Crippen LogP contribution in [0.2, 0.25) is 0 Å². The first-order chi connectivity index (χ1) is 9.44. The number of benzene rings is 1. The summed E-state index contributed by atoms with van der Waals surface area (Å²) in [6, 6.07) is 9.79. The standard InChI is InChI=1S/C18H30N2/c1-15-8-5-6-11-20(15)14-17-10-7-9-16(12-17)13-19-18(2,3)4/h7,9-10,12,15,19H,5-6,8,11,13-14H2,1-4H3. The number of piperidine rings is 1. The third-order valence-electron chi connectivity index (χ3n) is 4.14. The smallest absolute Gasteiger partial charge is 0.0236 e. The zero-order valence-electron chi connectivity index (χ0n) is 13.6. The molecular weight excluding hydrogens is 244 g/mol. The molecule has 1 unspecified atom stereocenters. The molecule has 2 heteroatoms. The SMILES string of the molecule is CC1CCCCN1Cc1cccc(CNC(C)(C)C)c1. The Morgan fingerprint density at radius 3 is 2.65 bits per heavy atom. The average molecular weight is 274 g/mol. The number of nitrogens with one attached hydrogen (secondary N) is 1. The second kappa shape index (κ2) is 6.73. The van der Waals surface area contributed by atoms with Crippen molar-refractivity contribution in [3.63, 3.8) is 0 Å². The lowest BCUT2D eigenvalue weighted by Gasteiger charge is -2.33. The van der Waals surface area contributed by atoms with Crippen molar-refractivity contribution in [3.05, 3.63) is 35.4 Å². The fraction of sp³-hybridized carbons (Fsp3) is 0.667. The Labute approximate surface area is 124 Å². The Hall–Kier alpha value is -0.860. The van der Waals surface area contributed by atoms with Gasteiger partial charge in [-0.15, -0.1) is 0 Å². The number of likely N-dealkylation sites (tertiary alicyclic amines) is 1. The Kier molecular flexibility index (Phi) is 5.22. The molecule has 1 aromatic rings. The van der Waals surface area contributed by atoms with E-state index in [2.05, 4.69) is 62.2 Å². The maximum atomic E-state index is 3.56. The first-order valence-corrected chi connectivity index (χ1v) is 8.01. The summed E-state index contributed by atoms with van der Waals surface area (Å²) in [5, 5.41) is 3.56. The van der Waals surface area contributed by atoms with E-state index in [9.17, 15) is 0 Å². The highest BCUT2D eigenvalue weighted by atomic mass is 15.2. The molecule has 0 spiro atoms. The van der Waals surface area contributed by atoms with Crippen molar-refractivity contribution in [3.8, 4) is 0 Å². The van der Waals surface area contributed by atoms with E-state index in [0.717, 1.165) is 19.1 Å². The summed E-state index contributed by atoms with van der Waals surface area (Å²) in [7, 11) is 0. The minimum Gasteiger partial charge on any atom is -0.308 e. The first kappa shape index (κ1) is 15.5. The van der Waals surface area contributed by atoms with E-state index in [1.165, 1.54) is 36.9 Å². The molecule has 2 nitrogen and oxygen atoms in total. The van der Waals surface area contributed by atoms with Crippen molar-refractivity contribution >= 4 is 0 Å². The Balaban J connectivity index is 1.95. The zero-order valence-corrected chi connectivity index (χ0v) is 13.6. The van der Waals surface area contributed by atoms with Gasteiger partial charge in [0.1, 0.15) is 0 Å². The van der Waals surface area contributed by atoms with Gasteiger partial charge in [-0.3, -0.25) is 4.90 Å². The van der Waals surface area contributed by atoms with Crippen molar-refractivity contribution < 1.29 is 0 Å². The van der Waals surface area contributed by atoms with E-state index >= 15 is 0 Å². The fourth-order valence-electron chi connectivity index (χ4n) is 2.83. The molecule has 2 rings (SSSR count). The van der Waals surface area contributed by atoms with Gasteiger partial charge in [0, 0.05) is 24.7 Å². The van der Waals surface area contributed by atoms with Gasteiger partial charge >= 0.3 is 0 Å². The molecule has 1 aromatic carbocycles. The lowest BCUT2D eigenvalue weighted by atomic mass is 10.0. The van der Waals surface area contributed by atoms with Crippen LogP contribution in [0.4, 0.5) is 0 Å². The zero-order chi connectivity index (χ0) is 14.6. The Morgan fingerprint density at radius 2 is 1.95 bits per heavy atom. The van der Waals surface area contributed by atoms with Crippen LogP contribution in [0.15, 0.2) is 24.3 Å². The van der Waals surface area contributed by atoms with E-state index < -0.39 is 0 Å². The lowest BCUT2D eigenvalue weighted by molar-refractivity contribution is 0.152. The molecule has 0 aliphatic carbocycles. The topological polar surface area (TPSA) is 15.3 Å². The van der Waals surface area contributed by atoms with Gasteiger partial charge in [-0.1, -0.05) is 30.7 Å². The van der Waals surface area contributed by atoms with Crippen molar-refractivity contribution in [1.29, 1.82) is 0 Å². The van der Waals surface area contributed by atoms with Crippen LogP contribution >= 0.6 is 0 Å². The predicted octanol–water partition coefficient (Wildman–Crippen LogP) is 3.95. The van der Waals surface area contributed by atoms with Crippen LogP contribution in [0, 0.1) is 0 Å². The first-order valence-electron chi connectivity index (χ1n) is 8.01. The Bertz CT molecular complexity index is 420. The largest absolute Gasteiger partial charge is 0.308 e. The van der Waals surface area contributed by atoms with E-state index in [1.54, 1.807) is 0 Å². The van der Waals surface area contributed by atoms with Crippen molar-refractivity contribution in [1.82, 2.24) is 10.2 Å². The summed E-state index contributed by atoms with van der Waals surface area (Å²) < 4.78 is 0. The maximum Gasteiger partial charge on any atom is 0.0236 e. The van der Waals surface area contributed by atoms with E-state index in [4.69, 9.17) is 0 Å². The van der Waals surface area contributed by atoms with Gasteiger partial charge in [0.25, 0.3) is 0 Å². The van der Waals surface area contributed by atoms with Crippen LogP contribution in [-0.4, -0.2) is 23.0 Å². The molecule has 1 saturated heterocycles. The van der Waals surface area contributed by atoms with Gasteiger partial charge in [0.15, 0.2) is 0 Å². The second-order valence-corrected chi connectivity index (χ2v) is 7.24. The van der Waals surface area contributed by atoms with Crippen molar-refractivity contribution in [2.45, 2.75) is 71.6 Å². The molecule has 1 N–H and O–H groups in total. The van der Waals surface area contributed by atoms with Crippen LogP contribution in [0.1, 0.15) is 58.1 Å². The molecule has 20 heavy (non-hydrogen) atoms. The van der Waals surface area contributed by atoms with Crippen LogP contribution in [-0.2, 0) is 13.1 Å². The summed E-state index contributed by atoms with van der Waals surface area (Å²) in [5.74, 6) is 0. The molecule has 1 fully saturated rings. The second-order valence-electron chi connectivity index (χ2n) is 7.24. The number of rotatable bonds is 4. The number of hydrogen-bond acceptors (Lipinski definition) is 2. The van der Waals surface area contributed by atoms with Crippen LogP contribution in [0.5, 0.6) is 0 Å². The molecule has 1 atom stereocenters. The van der Waals surface area contributed by atoms with Crippen molar-refractivity contribution in [2.75, 3.05) is 6.54 Å². The Morgan fingerprint density at radius 1 is 1.20 bits per heavy atom. The summed E-state index contributed by atoms with van der Waals surface area (Å²) in [6.45, 7) is 12.3. The molecule has 1 aliphatic heterocycles. The molecule has 1 heterocycles. The quantitative estimate of drug-likeness (QED) is 0.894. The van der Waals surface area contributed by atoms with Gasteiger partial charge in [-0.2, -0.15) is 0 Å². The molecule has 0 saturated carbocycles. The van der Waals surface area contributed by atoms with Gasteiger partial charge in [-0.05, 0) is 58.2 Å². The van der Waals surface area contributed by atoms with Crippen LogP contribution in [0.3, 0.4) is 0 Å². The summed E-state index contributed by atoms with van der Waals surface area (Å²) in [5.41, 5.74) is 3.02. The highest BCUT2D eigenvalue weighted by Gasteiger charge is 2.18. The molecule has 1 aliphatic rings. The molecular formula is C18H30N2. The van der Waals surface area contributed by atoms with E-state index in [0.29, 0.717) is 0 Å². The normalized spacial score (nSPS) is 21.1. The monoisotopic (exact) mass is 274 g/mol. The number of hydrogen-bond donors (Lipinski definition) is 1. The maximum absolute atomic E-state index is 3.56. The summed E-state index contributed by atoms with van der Waals surface area (Å²) in [4.78, 5) is 2.62. The molecule has 0 radical (unpaired) electrons. The van der Waals surface area contributed by atoms with Gasteiger partial charge in [-0.25, -0.2) is 0 Å². The molecule has 0 aromatic heterocycles. The predicted molar refractivity (Wildman–Crippen MR) is 86.8 cm³/mol. The van der Waals surface area contributed by atoms with Crippen LogP contribution in [0.25, 0.3) is 0 Å². The van der Waals surface area contributed by atoms with E-state index in [1.807, 2.05) is 0 Å². The summed E-state index contributed by atoms with van der Waals surface area (Å²) >= 11 is 0. The number of nitrogens with zero attached hydrogens (tertiary/aromatic N) is 1. The minimum atomic E-state index is 0.178. The molecule has 0 bridgehead atoms. The highest BCUT2D eigenvalue weighted by molar-refractivity contribution is 5.23.